The number of amides is 4. The average Bonchev–Trinajstić information content (AvgIpc) is 3.19. The molecule has 2 aliphatic heterocycles. The molecule has 1 aliphatic carbocycles. The van der Waals surface area contributed by atoms with E-state index in [1.54, 1.807) is 4.90 Å². The Kier molecular flexibility index (Phi) is 4.44. The minimum absolute atomic E-state index is 0.183. The van der Waals surface area contributed by atoms with Crippen molar-refractivity contribution in [1.29, 1.82) is 0 Å². The first-order chi connectivity index (χ1) is 12.9. The number of carbonyl (C=O) groups is 3. The molecule has 27 heavy (non-hydrogen) atoms. The van der Waals surface area contributed by atoms with Gasteiger partial charge < -0.3 is 10.2 Å². The normalized spacial score (nSPS) is 27.3. The lowest BCUT2D eigenvalue weighted by Crippen LogP contribution is -2.50. The fraction of sp³-hybridized carbons (Fsp3) is 0.571. The zero-order valence-electron chi connectivity index (χ0n) is 16.1. The highest BCUT2D eigenvalue weighted by Gasteiger charge is 2.52. The van der Waals surface area contributed by atoms with Crippen LogP contribution in [-0.4, -0.2) is 41.4 Å². The molecule has 4 rings (SSSR count). The number of nitrogens with one attached hydrogen (secondary N) is 1. The molecule has 6 heteroatoms. The highest BCUT2D eigenvalue weighted by molar-refractivity contribution is 6.10. The number of carbonyl (C=O) groups excluding carboxylic acids is 3. The van der Waals surface area contributed by atoms with Gasteiger partial charge in [0, 0.05) is 12.2 Å². The lowest BCUT2D eigenvalue weighted by atomic mass is 9.75. The van der Waals surface area contributed by atoms with Crippen molar-refractivity contribution >= 4 is 23.5 Å². The van der Waals surface area contributed by atoms with Crippen LogP contribution < -0.4 is 10.2 Å². The summed E-state index contributed by atoms with van der Waals surface area (Å²) in [5.41, 5.74) is 2.34. The molecular formula is C21H27N3O3. The van der Waals surface area contributed by atoms with Crippen LogP contribution >= 0.6 is 0 Å². The lowest BCUT2D eigenvalue weighted by molar-refractivity contribution is -0.135. The number of rotatable bonds is 3. The van der Waals surface area contributed by atoms with Gasteiger partial charge in [-0.2, -0.15) is 0 Å². The molecule has 1 spiro atoms. The predicted octanol–water partition coefficient (Wildman–Crippen LogP) is 2.77. The number of nitrogens with zero attached hydrogens (tertiary/aromatic N) is 2. The zero-order valence-corrected chi connectivity index (χ0v) is 16.1. The summed E-state index contributed by atoms with van der Waals surface area (Å²) in [7, 11) is 0. The van der Waals surface area contributed by atoms with E-state index in [0.717, 1.165) is 47.4 Å². The van der Waals surface area contributed by atoms with E-state index >= 15 is 0 Å². The van der Waals surface area contributed by atoms with Crippen LogP contribution in [0.25, 0.3) is 0 Å². The van der Waals surface area contributed by atoms with Gasteiger partial charge in [0.05, 0.1) is 0 Å². The molecule has 3 aliphatic rings. The maximum absolute atomic E-state index is 13.0. The van der Waals surface area contributed by atoms with Gasteiger partial charge in [0.2, 0.25) is 5.91 Å². The van der Waals surface area contributed by atoms with Gasteiger partial charge in [0.15, 0.2) is 0 Å². The Morgan fingerprint density at radius 2 is 2.00 bits per heavy atom. The maximum Gasteiger partial charge on any atom is 0.325 e. The van der Waals surface area contributed by atoms with Gasteiger partial charge in [-0.05, 0) is 56.1 Å². The van der Waals surface area contributed by atoms with Crippen LogP contribution in [0.1, 0.15) is 50.2 Å². The van der Waals surface area contributed by atoms with Gasteiger partial charge in [-0.15, -0.1) is 0 Å². The number of fused-ring (bicyclic) bond motifs is 1. The first-order valence-electron chi connectivity index (χ1n) is 9.98. The summed E-state index contributed by atoms with van der Waals surface area (Å²) in [5, 5.41) is 2.91. The van der Waals surface area contributed by atoms with Crippen molar-refractivity contribution in [2.45, 2.75) is 57.9 Å². The Balaban J connectivity index is 1.49. The summed E-state index contributed by atoms with van der Waals surface area (Å²) in [4.78, 5) is 41.3. The van der Waals surface area contributed by atoms with Crippen LogP contribution in [0.4, 0.5) is 10.5 Å². The van der Waals surface area contributed by atoms with Crippen molar-refractivity contribution in [2.75, 3.05) is 18.0 Å². The third-order valence-electron chi connectivity index (χ3n) is 6.57. The van der Waals surface area contributed by atoms with Crippen LogP contribution in [0.5, 0.6) is 0 Å². The molecule has 0 bridgehead atoms. The van der Waals surface area contributed by atoms with E-state index in [1.807, 2.05) is 25.1 Å². The number of para-hydroxylation sites is 1. The summed E-state index contributed by atoms with van der Waals surface area (Å²) in [6, 6.07) is 5.59. The van der Waals surface area contributed by atoms with Crippen molar-refractivity contribution in [3.05, 3.63) is 29.3 Å². The quantitative estimate of drug-likeness (QED) is 0.833. The van der Waals surface area contributed by atoms with Crippen molar-refractivity contribution in [1.82, 2.24) is 10.2 Å². The van der Waals surface area contributed by atoms with Crippen molar-refractivity contribution in [3.63, 3.8) is 0 Å². The highest BCUT2D eigenvalue weighted by Crippen LogP contribution is 2.38. The molecule has 2 heterocycles. The summed E-state index contributed by atoms with van der Waals surface area (Å²) < 4.78 is 0. The lowest BCUT2D eigenvalue weighted by Gasteiger charge is -2.34. The second-order valence-electron chi connectivity index (χ2n) is 8.13. The average molecular weight is 369 g/mol. The topological polar surface area (TPSA) is 69.7 Å². The number of benzene rings is 1. The number of anilines is 1. The molecule has 4 amide bonds. The van der Waals surface area contributed by atoms with Crippen molar-refractivity contribution in [2.24, 2.45) is 5.92 Å². The third kappa shape index (κ3) is 2.91. The molecule has 1 aromatic rings. The predicted molar refractivity (Wildman–Crippen MR) is 102 cm³/mol. The number of imide groups is 1. The second kappa shape index (κ2) is 6.66. The zero-order chi connectivity index (χ0) is 19.2. The van der Waals surface area contributed by atoms with E-state index < -0.39 is 11.6 Å². The van der Waals surface area contributed by atoms with Gasteiger partial charge in [-0.1, -0.05) is 31.5 Å². The Labute approximate surface area is 159 Å². The van der Waals surface area contributed by atoms with Crippen LogP contribution in [-0.2, 0) is 16.0 Å². The fourth-order valence-electron chi connectivity index (χ4n) is 4.86. The summed E-state index contributed by atoms with van der Waals surface area (Å²) in [5.74, 6) is 0.213. The number of hydrogen-bond donors (Lipinski definition) is 1. The molecule has 6 nitrogen and oxygen atoms in total. The molecule has 1 N–H and O–H groups in total. The van der Waals surface area contributed by atoms with Crippen LogP contribution in [0.3, 0.4) is 0 Å². The fourth-order valence-corrected chi connectivity index (χ4v) is 4.86. The number of hydrogen-bond acceptors (Lipinski definition) is 3. The summed E-state index contributed by atoms with van der Waals surface area (Å²) in [6.45, 7) is 4.57. The minimum atomic E-state index is -0.790. The van der Waals surface area contributed by atoms with E-state index in [4.69, 9.17) is 0 Å². The van der Waals surface area contributed by atoms with Gasteiger partial charge in [0.1, 0.15) is 12.1 Å². The van der Waals surface area contributed by atoms with Crippen LogP contribution in [0, 0.1) is 12.8 Å². The SMILES string of the molecule is CCC1CCC2(CC1)NC(=O)N(CC(=O)N1CCc3cccc(C)c31)C2=O. The Hall–Kier alpha value is -2.37. The number of urea groups is 1. The molecule has 0 radical (unpaired) electrons. The Morgan fingerprint density at radius 1 is 1.26 bits per heavy atom. The van der Waals surface area contributed by atoms with Crippen molar-refractivity contribution in [3.8, 4) is 0 Å². The largest absolute Gasteiger partial charge is 0.325 e. The van der Waals surface area contributed by atoms with Gasteiger partial charge in [0.25, 0.3) is 5.91 Å². The van der Waals surface area contributed by atoms with Gasteiger partial charge in [-0.25, -0.2) is 4.79 Å². The molecule has 0 aromatic heterocycles. The van der Waals surface area contributed by atoms with Gasteiger partial charge in [-0.3, -0.25) is 14.5 Å². The van der Waals surface area contributed by atoms with E-state index in [2.05, 4.69) is 12.2 Å². The molecule has 144 valence electrons. The van der Waals surface area contributed by atoms with Gasteiger partial charge >= 0.3 is 6.03 Å². The smallest absolute Gasteiger partial charge is 0.323 e. The first-order valence-corrected chi connectivity index (χ1v) is 9.98. The molecule has 1 saturated carbocycles. The summed E-state index contributed by atoms with van der Waals surface area (Å²) in [6.07, 6.45) is 5.16. The summed E-state index contributed by atoms with van der Waals surface area (Å²) >= 11 is 0. The van der Waals surface area contributed by atoms with E-state index in [1.165, 1.54) is 0 Å². The monoisotopic (exact) mass is 369 g/mol. The van der Waals surface area contributed by atoms with E-state index in [9.17, 15) is 14.4 Å². The Bertz CT molecular complexity index is 796. The highest BCUT2D eigenvalue weighted by atomic mass is 16.2. The minimum Gasteiger partial charge on any atom is -0.323 e. The standard InChI is InChI=1S/C21H27N3O3/c1-3-15-7-10-21(11-8-15)19(26)24(20(27)22-21)13-17(25)23-12-9-16-6-4-5-14(2)18(16)23/h4-6,15H,3,7-13H2,1-2H3,(H,22,27). The molecule has 0 atom stereocenters. The molecule has 2 fully saturated rings. The Morgan fingerprint density at radius 3 is 2.70 bits per heavy atom. The first kappa shape index (κ1) is 18.0. The van der Waals surface area contributed by atoms with E-state index in [-0.39, 0.29) is 18.4 Å². The van der Waals surface area contributed by atoms with Crippen LogP contribution in [0.15, 0.2) is 18.2 Å². The molecule has 1 aromatic carbocycles. The van der Waals surface area contributed by atoms with Crippen LogP contribution in [0.2, 0.25) is 0 Å². The maximum atomic E-state index is 13.0. The number of aryl methyl sites for hydroxylation is 1. The second-order valence-corrected chi connectivity index (χ2v) is 8.13. The molecular weight excluding hydrogens is 342 g/mol. The molecule has 1 saturated heterocycles. The van der Waals surface area contributed by atoms with E-state index in [0.29, 0.717) is 25.3 Å². The van der Waals surface area contributed by atoms with Crippen molar-refractivity contribution < 1.29 is 14.4 Å². The molecule has 0 unspecified atom stereocenters. The third-order valence-corrected chi connectivity index (χ3v) is 6.57.